The van der Waals surface area contributed by atoms with Crippen molar-refractivity contribution in [3.05, 3.63) is 142 Å². The van der Waals surface area contributed by atoms with E-state index in [1.165, 1.54) is 0 Å². The average Bonchev–Trinajstić information content (AvgIpc) is 3.94. The van der Waals surface area contributed by atoms with E-state index in [1.54, 1.807) is 33.5 Å². The fourth-order valence-corrected chi connectivity index (χ4v) is 6.41. The quantitative estimate of drug-likeness (QED) is 0.154. The number of carbonyl (C=O) groups is 2. The third-order valence-corrected chi connectivity index (χ3v) is 9.22. The number of H-pyrrole nitrogens is 1. The van der Waals surface area contributed by atoms with Crippen LogP contribution >= 0.6 is 0 Å². The van der Waals surface area contributed by atoms with Gasteiger partial charge in [-0.25, -0.2) is 4.98 Å². The third-order valence-electron chi connectivity index (χ3n) is 9.22. The Balaban J connectivity index is 1.15. The first-order chi connectivity index (χ1) is 26.3. The van der Waals surface area contributed by atoms with E-state index in [4.69, 9.17) is 25.4 Å². The van der Waals surface area contributed by atoms with Crippen LogP contribution in [-0.2, 0) is 10.8 Å². The molecule has 0 unspecified atom stereocenters. The maximum absolute atomic E-state index is 12.7. The van der Waals surface area contributed by atoms with Crippen LogP contribution in [0, 0.1) is 0 Å². The summed E-state index contributed by atoms with van der Waals surface area (Å²) in [5.41, 5.74) is 7.46. The second-order valence-corrected chi connectivity index (χ2v) is 15.5. The molecular formula is C43H40N10O2. The highest BCUT2D eigenvalue weighted by atomic mass is 16.2. The molecule has 0 atom stereocenters. The molecule has 12 nitrogen and oxygen atoms in total. The van der Waals surface area contributed by atoms with E-state index in [9.17, 15) is 9.59 Å². The van der Waals surface area contributed by atoms with Crippen molar-refractivity contribution in [3.63, 3.8) is 0 Å². The van der Waals surface area contributed by atoms with Gasteiger partial charge in [0.25, 0.3) is 11.8 Å². The van der Waals surface area contributed by atoms with Crippen LogP contribution in [0.25, 0.3) is 40.1 Å². The van der Waals surface area contributed by atoms with Gasteiger partial charge in [0, 0.05) is 55.2 Å². The molecule has 0 aliphatic heterocycles. The number of benzene rings is 4. The smallest absolute Gasteiger partial charge is 0.255 e. The molecule has 274 valence electrons. The summed E-state index contributed by atoms with van der Waals surface area (Å²) in [5.74, 6) is 0.796. The normalized spacial score (nSPS) is 12.4. The van der Waals surface area contributed by atoms with Crippen LogP contribution in [0.5, 0.6) is 0 Å². The lowest BCUT2D eigenvalue weighted by atomic mass is 9.88. The van der Waals surface area contributed by atoms with Gasteiger partial charge in [0.15, 0.2) is 22.9 Å². The van der Waals surface area contributed by atoms with Gasteiger partial charge in [-0.1, -0.05) is 77.9 Å². The van der Waals surface area contributed by atoms with Gasteiger partial charge in [0.05, 0.1) is 11.4 Å². The predicted octanol–water partition coefficient (Wildman–Crippen LogP) is 7.48. The number of anilines is 2. The minimum atomic E-state index is -0.321. The molecule has 0 radical (unpaired) electrons. The van der Waals surface area contributed by atoms with Crippen molar-refractivity contribution in [2.75, 3.05) is 10.6 Å². The van der Waals surface area contributed by atoms with Gasteiger partial charge in [0.1, 0.15) is 0 Å². The molecule has 4 aromatic carbocycles. The lowest BCUT2D eigenvalue weighted by Crippen LogP contribution is -2.22. The highest BCUT2D eigenvalue weighted by Crippen LogP contribution is 2.30. The van der Waals surface area contributed by atoms with Gasteiger partial charge < -0.3 is 15.6 Å². The maximum Gasteiger partial charge on any atom is 0.255 e. The molecule has 8 aromatic rings. The van der Waals surface area contributed by atoms with Crippen LogP contribution in [0.3, 0.4) is 0 Å². The molecule has 12 heteroatoms. The molecule has 0 saturated heterocycles. The Morgan fingerprint density at radius 3 is 1.64 bits per heavy atom. The van der Waals surface area contributed by atoms with E-state index >= 15 is 0 Å². The molecular weight excluding hydrogens is 689 g/mol. The van der Waals surface area contributed by atoms with Crippen molar-refractivity contribution >= 4 is 40.6 Å². The van der Waals surface area contributed by atoms with Crippen LogP contribution in [0.15, 0.2) is 109 Å². The van der Waals surface area contributed by atoms with E-state index in [0.29, 0.717) is 39.8 Å². The van der Waals surface area contributed by atoms with Crippen molar-refractivity contribution in [2.24, 2.45) is 0 Å². The van der Waals surface area contributed by atoms with Crippen LogP contribution in [0.2, 0.25) is 0 Å². The van der Waals surface area contributed by atoms with Crippen LogP contribution < -0.4 is 15.9 Å². The molecule has 3 N–H and O–H groups in total. The molecule has 8 rings (SSSR count). The zero-order valence-electron chi connectivity index (χ0n) is 31.4. The van der Waals surface area contributed by atoms with E-state index in [0.717, 1.165) is 38.9 Å². The van der Waals surface area contributed by atoms with Crippen LogP contribution in [0.1, 0.15) is 79.2 Å². The third kappa shape index (κ3) is 6.97. The number of fused-ring (bicyclic) bond motifs is 2. The minimum Gasteiger partial charge on any atom is -0.322 e. The number of nitrogens with zero attached hydrogens (tertiary/aromatic N) is 7. The second-order valence-electron chi connectivity index (χ2n) is 15.5. The summed E-state index contributed by atoms with van der Waals surface area (Å²) in [6, 6.07) is 33.2. The van der Waals surface area contributed by atoms with Crippen molar-refractivity contribution in [1.82, 2.24) is 39.6 Å². The molecule has 4 aromatic heterocycles. The van der Waals surface area contributed by atoms with Gasteiger partial charge in [-0.3, -0.25) is 9.59 Å². The Morgan fingerprint density at radius 2 is 1.11 bits per heavy atom. The Bertz CT molecular complexity index is 2730. The average molecular weight is 729 g/mol. The Hall–Kier alpha value is -6.95. The number of nitrogens with one attached hydrogen (secondary N) is 3. The summed E-state index contributed by atoms with van der Waals surface area (Å²) in [5, 5.41) is 26.3. The summed E-state index contributed by atoms with van der Waals surface area (Å²) in [4.78, 5) is 33.9. The SMILES string of the molecule is CC(C)(C)c1nn2nc(-c3ccc(NC(=O)c4ccccc4)cc3)[nH]c2c1/C=c1/c(C(C)(C)C)nn2nc(-c3ccc(NC(=O)c4ccccc4)cc3)nc12. The maximum atomic E-state index is 12.7. The summed E-state index contributed by atoms with van der Waals surface area (Å²) in [7, 11) is 0. The Kier molecular flexibility index (Phi) is 8.60. The summed E-state index contributed by atoms with van der Waals surface area (Å²) in [6.45, 7) is 12.7. The Morgan fingerprint density at radius 1 is 0.600 bits per heavy atom. The number of rotatable bonds is 7. The van der Waals surface area contributed by atoms with Crippen molar-refractivity contribution in [2.45, 2.75) is 52.4 Å². The molecule has 0 bridgehead atoms. The van der Waals surface area contributed by atoms with Crippen molar-refractivity contribution < 1.29 is 9.59 Å². The number of amides is 2. The summed E-state index contributed by atoms with van der Waals surface area (Å²) < 4.78 is 3.24. The fraction of sp³-hybridized carbons (Fsp3) is 0.186. The molecule has 0 fully saturated rings. The fourth-order valence-electron chi connectivity index (χ4n) is 6.41. The topological polar surface area (TPSA) is 147 Å². The predicted molar refractivity (Wildman–Crippen MR) is 214 cm³/mol. The second kappa shape index (κ2) is 13.5. The van der Waals surface area contributed by atoms with Crippen molar-refractivity contribution in [1.29, 1.82) is 0 Å². The van der Waals surface area contributed by atoms with Gasteiger partial charge in [0.2, 0.25) is 0 Å². The molecule has 0 aliphatic rings. The van der Waals surface area contributed by atoms with Gasteiger partial charge >= 0.3 is 0 Å². The molecule has 2 amide bonds. The minimum absolute atomic E-state index is 0.173. The number of hydrogen-bond donors (Lipinski definition) is 3. The summed E-state index contributed by atoms with van der Waals surface area (Å²) in [6.07, 6.45) is 2.09. The van der Waals surface area contributed by atoms with Crippen molar-refractivity contribution in [3.8, 4) is 22.8 Å². The van der Waals surface area contributed by atoms with Gasteiger partial charge in [-0.2, -0.15) is 10.2 Å². The van der Waals surface area contributed by atoms with E-state index in [1.807, 2.05) is 84.9 Å². The van der Waals surface area contributed by atoms with E-state index < -0.39 is 0 Å². The van der Waals surface area contributed by atoms with Gasteiger partial charge in [-0.05, 0) is 78.9 Å². The standard InChI is InChI=1S/C43H40N10O2/c1-42(2,3)34-32(38-46-36(50-52(38)48-34)26-17-21-30(22-18-26)44-40(54)28-13-9-7-10-14-28)25-33-35(43(4,5)6)49-53-39(33)47-37(51-53)27-19-23-31(24-20-27)45-41(55)29-15-11-8-12-16-29/h7-25H,1-6H3,(H,44,54)(H,45,55)(H,46,50)/b33-25-. The highest BCUT2D eigenvalue weighted by molar-refractivity contribution is 6.05. The number of aromatic amines is 1. The molecule has 0 aliphatic carbocycles. The molecule has 55 heavy (non-hydrogen) atoms. The Labute approximate surface area is 317 Å². The number of carbonyl (C=O) groups excluding carboxylic acids is 2. The van der Waals surface area contributed by atoms with Gasteiger partial charge in [-0.15, -0.1) is 19.5 Å². The highest BCUT2D eigenvalue weighted by Gasteiger charge is 2.28. The van der Waals surface area contributed by atoms with E-state index in [-0.39, 0.29) is 22.6 Å². The number of aromatic nitrogens is 8. The molecule has 4 heterocycles. The first kappa shape index (κ1) is 35.1. The first-order valence-electron chi connectivity index (χ1n) is 18.0. The largest absolute Gasteiger partial charge is 0.322 e. The number of hydrogen-bond acceptors (Lipinski definition) is 7. The zero-order valence-corrected chi connectivity index (χ0v) is 31.4. The zero-order chi connectivity index (χ0) is 38.5. The monoisotopic (exact) mass is 728 g/mol. The lowest BCUT2D eigenvalue weighted by molar-refractivity contribution is 0.101. The molecule has 0 spiro atoms. The van der Waals surface area contributed by atoms with E-state index in [2.05, 4.69) is 63.2 Å². The van der Waals surface area contributed by atoms with Crippen LogP contribution in [0.4, 0.5) is 11.4 Å². The van der Waals surface area contributed by atoms with Crippen LogP contribution in [-0.4, -0.2) is 51.4 Å². The first-order valence-corrected chi connectivity index (χ1v) is 18.0. The lowest BCUT2D eigenvalue weighted by Gasteiger charge is -2.17. The summed E-state index contributed by atoms with van der Waals surface area (Å²) >= 11 is 0. The molecule has 0 saturated carbocycles.